The van der Waals surface area contributed by atoms with Crippen molar-refractivity contribution in [2.24, 2.45) is 0 Å². The summed E-state index contributed by atoms with van der Waals surface area (Å²) in [5.74, 6) is -0.555. The van der Waals surface area contributed by atoms with Gasteiger partial charge in [0.25, 0.3) is 0 Å². The number of rotatable bonds is 9. The van der Waals surface area contributed by atoms with E-state index in [0.717, 1.165) is 31.2 Å². The average molecular weight is 486 g/mol. The van der Waals surface area contributed by atoms with Crippen molar-refractivity contribution in [2.75, 3.05) is 6.54 Å². The second-order valence-corrected chi connectivity index (χ2v) is 10.9. The quantitative estimate of drug-likeness (QED) is 0.493. The minimum absolute atomic E-state index is 0.0999. The predicted octanol–water partition coefficient (Wildman–Crippen LogP) is 5.36. The Morgan fingerprint density at radius 1 is 1.14 bits per heavy atom. The van der Waals surface area contributed by atoms with Crippen LogP contribution in [0.25, 0.3) is 6.08 Å². The van der Waals surface area contributed by atoms with Gasteiger partial charge in [0, 0.05) is 11.6 Å². The van der Waals surface area contributed by atoms with Crippen molar-refractivity contribution in [1.82, 2.24) is 15.5 Å². The van der Waals surface area contributed by atoms with E-state index in [4.69, 9.17) is 4.74 Å². The van der Waals surface area contributed by atoms with Crippen LogP contribution < -0.4 is 10.6 Å². The molecule has 1 aromatic carbocycles. The summed E-state index contributed by atoms with van der Waals surface area (Å²) in [4.78, 5) is 41.3. The molecule has 2 N–H and O–H groups in total. The molecule has 0 bridgehead atoms. The van der Waals surface area contributed by atoms with Crippen molar-refractivity contribution >= 4 is 24.0 Å². The molecule has 1 fully saturated rings. The Morgan fingerprint density at radius 3 is 2.37 bits per heavy atom. The third kappa shape index (κ3) is 8.41. The summed E-state index contributed by atoms with van der Waals surface area (Å²) >= 11 is 0. The number of nitrogens with zero attached hydrogens (tertiary/aromatic N) is 1. The standard InChI is InChI=1S/C28H43N3O4/c1-8-20-14-13-15-21(18-20)24(25(33)30-22-16-11-10-12-17-22)31(28(6,7)9-2)23(32)19-29-26(34)35-27(3,4)5/h8,13-15,18,22,24H,1,9-12,16-17,19H2,2-7H3,(H,29,34)(H,30,33). The lowest BCUT2D eigenvalue weighted by Gasteiger charge is -2.43. The van der Waals surface area contributed by atoms with Crippen LogP contribution in [0.4, 0.5) is 4.79 Å². The maximum absolute atomic E-state index is 13.8. The van der Waals surface area contributed by atoms with Crippen LogP contribution in [0.2, 0.25) is 0 Å². The molecule has 1 atom stereocenters. The Labute approximate surface area is 210 Å². The van der Waals surface area contributed by atoms with Gasteiger partial charge in [-0.3, -0.25) is 9.59 Å². The number of carbonyl (C=O) groups is 3. The summed E-state index contributed by atoms with van der Waals surface area (Å²) in [7, 11) is 0. The van der Waals surface area contributed by atoms with Crippen molar-refractivity contribution in [3.05, 3.63) is 42.0 Å². The van der Waals surface area contributed by atoms with E-state index in [0.29, 0.717) is 12.0 Å². The Balaban J connectivity index is 2.41. The highest BCUT2D eigenvalue weighted by atomic mass is 16.6. The van der Waals surface area contributed by atoms with Gasteiger partial charge in [0.2, 0.25) is 11.8 Å². The van der Waals surface area contributed by atoms with Crippen LogP contribution in [-0.2, 0) is 14.3 Å². The van der Waals surface area contributed by atoms with Crippen LogP contribution in [0.1, 0.15) is 97.2 Å². The first-order valence-electron chi connectivity index (χ1n) is 12.7. The number of hydrogen-bond donors (Lipinski definition) is 2. The molecule has 1 saturated carbocycles. The van der Waals surface area contributed by atoms with Crippen LogP contribution >= 0.6 is 0 Å². The SMILES string of the molecule is C=Cc1cccc(C(C(=O)NC2CCCCC2)N(C(=O)CNC(=O)OC(C)(C)C)C(C)(C)CC)c1. The van der Waals surface area contributed by atoms with Gasteiger partial charge >= 0.3 is 6.09 Å². The summed E-state index contributed by atoms with van der Waals surface area (Å²) in [6.07, 6.45) is 6.92. The molecule has 0 aromatic heterocycles. The van der Waals surface area contributed by atoms with Gasteiger partial charge in [0.05, 0.1) is 0 Å². The summed E-state index contributed by atoms with van der Waals surface area (Å²) in [5, 5.41) is 5.78. The molecule has 35 heavy (non-hydrogen) atoms. The zero-order valence-electron chi connectivity index (χ0n) is 22.3. The van der Waals surface area contributed by atoms with Crippen molar-refractivity contribution < 1.29 is 19.1 Å². The first-order valence-corrected chi connectivity index (χ1v) is 12.7. The largest absolute Gasteiger partial charge is 0.444 e. The molecule has 0 heterocycles. The van der Waals surface area contributed by atoms with Crippen LogP contribution in [0, 0.1) is 0 Å². The summed E-state index contributed by atoms with van der Waals surface area (Å²) in [6.45, 7) is 14.7. The number of nitrogens with one attached hydrogen (secondary N) is 2. The van der Waals surface area contributed by atoms with E-state index in [9.17, 15) is 14.4 Å². The first-order chi connectivity index (χ1) is 16.4. The smallest absolute Gasteiger partial charge is 0.408 e. The maximum atomic E-state index is 13.8. The number of hydrogen-bond acceptors (Lipinski definition) is 4. The minimum atomic E-state index is -0.847. The van der Waals surface area contributed by atoms with Crippen LogP contribution in [-0.4, -0.2) is 46.5 Å². The Hall–Kier alpha value is -2.83. The van der Waals surface area contributed by atoms with Crippen LogP contribution in [0.15, 0.2) is 30.8 Å². The molecular weight excluding hydrogens is 442 g/mol. The van der Waals surface area contributed by atoms with E-state index < -0.39 is 23.3 Å². The molecule has 7 heteroatoms. The van der Waals surface area contributed by atoms with E-state index in [2.05, 4.69) is 17.2 Å². The normalized spacial score (nSPS) is 15.6. The Morgan fingerprint density at radius 2 is 1.80 bits per heavy atom. The summed E-state index contributed by atoms with van der Waals surface area (Å²) in [5.41, 5.74) is 0.253. The zero-order valence-corrected chi connectivity index (χ0v) is 22.3. The maximum Gasteiger partial charge on any atom is 0.408 e. The molecular formula is C28H43N3O4. The van der Waals surface area contributed by atoms with E-state index in [1.807, 2.05) is 45.0 Å². The fourth-order valence-corrected chi connectivity index (χ4v) is 4.35. The Kier molecular flexibility index (Phi) is 9.92. The third-order valence-electron chi connectivity index (χ3n) is 6.49. The van der Waals surface area contributed by atoms with Crippen molar-refractivity contribution in [3.63, 3.8) is 0 Å². The molecule has 0 radical (unpaired) electrons. The Bertz CT molecular complexity index is 898. The number of ether oxygens (including phenoxy) is 1. The topological polar surface area (TPSA) is 87.7 Å². The van der Waals surface area contributed by atoms with Crippen molar-refractivity contribution in [2.45, 2.75) is 103 Å². The summed E-state index contributed by atoms with van der Waals surface area (Å²) in [6, 6.07) is 6.79. The molecule has 194 valence electrons. The van der Waals surface area contributed by atoms with Gasteiger partial charge in [-0.2, -0.15) is 0 Å². The van der Waals surface area contributed by atoms with Gasteiger partial charge in [0.1, 0.15) is 18.2 Å². The van der Waals surface area contributed by atoms with Gasteiger partial charge in [-0.05, 0) is 71.1 Å². The molecule has 0 aliphatic heterocycles. The fraction of sp³-hybridized carbons (Fsp3) is 0.607. The van der Waals surface area contributed by atoms with Gasteiger partial charge in [-0.1, -0.05) is 57.0 Å². The molecule has 1 aliphatic carbocycles. The van der Waals surface area contributed by atoms with E-state index in [1.54, 1.807) is 31.7 Å². The van der Waals surface area contributed by atoms with Crippen LogP contribution in [0.5, 0.6) is 0 Å². The molecule has 0 saturated heterocycles. The molecule has 3 amide bonds. The second kappa shape index (κ2) is 12.2. The fourth-order valence-electron chi connectivity index (χ4n) is 4.35. The number of carbonyl (C=O) groups excluding carboxylic acids is 3. The third-order valence-corrected chi connectivity index (χ3v) is 6.49. The number of benzene rings is 1. The van der Waals surface area contributed by atoms with Gasteiger partial charge in [-0.25, -0.2) is 4.79 Å². The monoisotopic (exact) mass is 485 g/mol. The van der Waals surface area contributed by atoms with Gasteiger partial charge in [0.15, 0.2) is 0 Å². The minimum Gasteiger partial charge on any atom is -0.444 e. The second-order valence-electron chi connectivity index (χ2n) is 10.9. The lowest BCUT2D eigenvalue weighted by molar-refractivity contribution is -0.147. The van der Waals surface area contributed by atoms with Gasteiger partial charge in [-0.15, -0.1) is 0 Å². The van der Waals surface area contributed by atoms with Gasteiger partial charge < -0.3 is 20.3 Å². The summed E-state index contributed by atoms with van der Waals surface area (Å²) < 4.78 is 5.29. The first kappa shape index (κ1) is 28.4. The highest BCUT2D eigenvalue weighted by Gasteiger charge is 2.40. The van der Waals surface area contributed by atoms with E-state index in [-0.39, 0.29) is 24.4 Å². The van der Waals surface area contributed by atoms with E-state index >= 15 is 0 Å². The molecule has 7 nitrogen and oxygen atoms in total. The molecule has 0 spiro atoms. The average Bonchev–Trinajstić information content (AvgIpc) is 2.80. The van der Waals surface area contributed by atoms with Crippen LogP contribution in [0.3, 0.4) is 0 Å². The van der Waals surface area contributed by atoms with E-state index in [1.165, 1.54) is 6.42 Å². The molecule has 1 aliphatic rings. The van der Waals surface area contributed by atoms with Crippen molar-refractivity contribution in [1.29, 1.82) is 0 Å². The molecule has 1 unspecified atom stereocenters. The highest BCUT2D eigenvalue weighted by molar-refractivity contribution is 5.91. The lowest BCUT2D eigenvalue weighted by Crippen LogP contribution is -2.57. The number of amides is 3. The molecule has 2 rings (SSSR count). The molecule has 1 aromatic rings. The van der Waals surface area contributed by atoms with Crippen molar-refractivity contribution in [3.8, 4) is 0 Å². The predicted molar refractivity (Wildman–Crippen MR) is 140 cm³/mol. The highest BCUT2D eigenvalue weighted by Crippen LogP contribution is 2.32. The zero-order chi connectivity index (χ0) is 26.2. The lowest BCUT2D eigenvalue weighted by atomic mass is 9.91. The number of alkyl carbamates (subject to hydrolysis) is 1.